The summed E-state index contributed by atoms with van der Waals surface area (Å²) in [5.41, 5.74) is 0.705. The van der Waals surface area contributed by atoms with Gasteiger partial charge in [0.2, 0.25) is 0 Å². The molecule has 0 aliphatic carbocycles. The molecule has 1 aromatic carbocycles. The second-order valence-corrected chi connectivity index (χ2v) is 2.72. The van der Waals surface area contributed by atoms with Crippen molar-refractivity contribution in [2.75, 3.05) is 7.11 Å². The van der Waals surface area contributed by atoms with Crippen molar-refractivity contribution in [3.63, 3.8) is 0 Å². The number of hydrogen-bond donors (Lipinski definition) is 0. The highest BCUT2D eigenvalue weighted by Crippen LogP contribution is 2.22. The van der Waals surface area contributed by atoms with Crippen LogP contribution in [0, 0.1) is 0 Å². The average molecular weight is 185 g/mol. The third-order valence-corrected chi connectivity index (χ3v) is 1.93. The zero-order valence-electron chi connectivity index (χ0n) is 6.66. The lowest BCUT2D eigenvalue weighted by Gasteiger charge is -2.09. The van der Waals surface area contributed by atoms with Crippen LogP contribution >= 0.6 is 11.6 Å². The molecule has 2 nitrogen and oxygen atoms in total. The van der Waals surface area contributed by atoms with E-state index in [1.54, 1.807) is 12.1 Å². The Bertz CT molecular complexity index is 273. The average Bonchev–Trinajstić information content (AvgIpc) is 2.10. The van der Waals surface area contributed by atoms with Crippen molar-refractivity contribution in [3.05, 3.63) is 34.9 Å². The first kappa shape index (κ1) is 9.23. The first-order valence-corrected chi connectivity index (χ1v) is 3.90. The molecule has 0 amide bonds. The van der Waals surface area contributed by atoms with Gasteiger partial charge < -0.3 is 9.53 Å². The van der Waals surface area contributed by atoms with Crippen LogP contribution in [0.4, 0.5) is 0 Å². The van der Waals surface area contributed by atoms with Crippen LogP contribution in [-0.2, 0) is 9.53 Å². The lowest BCUT2D eigenvalue weighted by Crippen LogP contribution is -2.02. The predicted octanol–water partition coefficient (Wildman–Crippen LogP) is 2.23. The fourth-order valence-electron chi connectivity index (χ4n) is 0.962. The minimum absolute atomic E-state index is 0.552. The highest BCUT2D eigenvalue weighted by molar-refractivity contribution is 6.31. The molecule has 3 heteroatoms. The summed E-state index contributed by atoms with van der Waals surface area (Å²) in [4.78, 5) is 10.5. The lowest BCUT2D eigenvalue weighted by atomic mass is 10.1. The van der Waals surface area contributed by atoms with Gasteiger partial charge in [-0.1, -0.05) is 29.8 Å². The number of rotatable bonds is 3. The largest absolute Gasteiger partial charge is 0.369 e. The molecule has 0 aliphatic rings. The molecule has 0 saturated carbocycles. The minimum Gasteiger partial charge on any atom is -0.369 e. The van der Waals surface area contributed by atoms with E-state index in [0.29, 0.717) is 10.6 Å². The summed E-state index contributed by atoms with van der Waals surface area (Å²) in [5.74, 6) is 0. The predicted molar refractivity (Wildman–Crippen MR) is 47.3 cm³/mol. The number of methoxy groups -OCH3 is 1. The molecule has 0 saturated heterocycles. The van der Waals surface area contributed by atoms with Crippen molar-refractivity contribution in [2.45, 2.75) is 6.10 Å². The normalized spacial score (nSPS) is 12.5. The quantitative estimate of drug-likeness (QED) is 0.674. The SMILES string of the molecule is COC(C=O)c1ccccc1Cl. The maximum atomic E-state index is 10.5. The third kappa shape index (κ3) is 1.84. The Kier molecular flexibility index (Phi) is 3.26. The van der Waals surface area contributed by atoms with Gasteiger partial charge in [0.05, 0.1) is 0 Å². The summed E-state index contributed by atoms with van der Waals surface area (Å²) >= 11 is 5.84. The van der Waals surface area contributed by atoms with E-state index < -0.39 is 6.10 Å². The van der Waals surface area contributed by atoms with E-state index in [1.807, 2.05) is 12.1 Å². The Balaban J connectivity index is 3.00. The van der Waals surface area contributed by atoms with Crippen LogP contribution in [-0.4, -0.2) is 13.4 Å². The monoisotopic (exact) mass is 184 g/mol. The molecule has 0 spiro atoms. The summed E-state index contributed by atoms with van der Waals surface area (Å²) in [6.07, 6.45) is 0.167. The molecule has 0 heterocycles. The Morgan fingerprint density at radius 3 is 2.67 bits per heavy atom. The third-order valence-electron chi connectivity index (χ3n) is 1.59. The van der Waals surface area contributed by atoms with Crippen molar-refractivity contribution < 1.29 is 9.53 Å². The van der Waals surface area contributed by atoms with Crippen LogP contribution in [0.1, 0.15) is 11.7 Å². The van der Waals surface area contributed by atoms with Crippen LogP contribution in [0.25, 0.3) is 0 Å². The molecule has 0 radical (unpaired) electrons. The Hall–Kier alpha value is -0.860. The number of aldehydes is 1. The van der Waals surface area contributed by atoms with Crippen LogP contribution in [0.2, 0.25) is 5.02 Å². The summed E-state index contributed by atoms with van der Waals surface area (Å²) < 4.78 is 4.91. The van der Waals surface area contributed by atoms with Gasteiger partial charge in [-0.2, -0.15) is 0 Å². The smallest absolute Gasteiger partial charge is 0.153 e. The van der Waals surface area contributed by atoms with Gasteiger partial charge in [0, 0.05) is 17.7 Å². The molecule has 1 rings (SSSR count). The van der Waals surface area contributed by atoms with Gasteiger partial charge in [-0.3, -0.25) is 0 Å². The van der Waals surface area contributed by atoms with E-state index in [9.17, 15) is 4.79 Å². The van der Waals surface area contributed by atoms with Crippen molar-refractivity contribution in [1.82, 2.24) is 0 Å². The molecule has 0 aromatic heterocycles. The summed E-state index contributed by atoms with van der Waals surface area (Å²) in [6, 6.07) is 7.12. The van der Waals surface area contributed by atoms with Crippen molar-refractivity contribution in [3.8, 4) is 0 Å². The molecular formula is C9H9ClO2. The van der Waals surface area contributed by atoms with Gasteiger partial charge in [0.1, 0.15) is 6.10 Å². The summed E-state index contributed by atoms with van der Waals surface area (Å²) in [7, 11) is 1.47. The van der Waals surface area contributed by atoms with Crippen molar-refractivity contribution in [1.29, 1.82) is 0 Å². The highest BCUT2D eigenvalue weighted by atomic mass is 35.5. The van der Waals surface area contributed by atoms with E-state index in [2.05, 4.69) is 0 Å². The van der Waals surface area contributed by atoms with Gasteiger partial charge in [-0.15, -0.1) is 0 Å². The standard InChI is InChI=1S/C9H9ClO2/c1-12-9(6-11)7-4-2-3-5-8(7)10/h2-6,9H,1H3. The zero-order chi connectivity index (χ0) is 8.97. The van der Waals surface area contributed by atoms with E-state index in [0.717, 1.165) is 6.29 Å². The molecule has 64 valence electrons. The maximum Gasteiger partial charge on any atom is 0.153 e. The van der Waals surface area contributed by atoms with Gasteiger partial charge in [-0.25, -0.2) is 0 Å². The second kappa shape index (κ2) is 4.24. The minimum atomic E-state index is -0.557. The van der Waals surface area contributed by atoms with E-state index >= 15 is 0 Å². The molecule has 0 aliphatic heterocycles. The van der Waals surface area contributed by atoms with E-state index in [1.165, 1.54) is 7.11 Å². The Morgan fingerprint density at radius 1 is 1.50 bits per heavy atom. The number of hydrogen-bond acceptors (Lipinski definition) is 2. The van der Waals surface area contributed by atoms with Crippen LogP contribution in [0.3, 0.4) is 0 Å². The first-order valence-electron chi connectivity index (χ1n) is 3.52. The molecule has 1 atom stereocenters. The topological polar surface area (TPSA) is 26.3 Å². The first-order chi connectivity index (χ1) is 5.79. The number of ether oxygens (including phenoxy) is 1. The van der Waals surface area contributed by atoms with E-state index in [4.69, 9.17) is 16.3 Å². The van der Waals surface area contributed by atoms with Gasteiger partial charge in [-0.05, 0) is 6.07 Å². The molecule has 1 aromatic rings. The fourth-order valence-corrected chi connectivity index (χ4v) is 1.20. The molecular weight excluding hydrogens is 176 g/mol. The maximum absolute atomic E-state index is 10.5. The lowest BCUT2D eigenvalue weighted by molar-refractivity contribution is -0.116. The molecule has 0 bridgehead atoms. The second-order valence-electron chi connectivity index (χ2n) is 2.31. The summed E-state index contributed by atoms with van der Waals surface area (Å²) in [6.45, 7) is 0. The van der Waals surface area contributed by atoms with Crippen molar-refractivity contribution in [2.24, 2.45) is 0 Å². The van der Waals surface area contributed by atoms with Crippen LogP contribution < -0.4 is 0 Å². The molecule has 12 heavy (non-hydrogen) atoms. The number of benzene rings is 1. The molecule has 1 unspecified atom stereocenters. The van der Waals surface area contributed by atoms with E-state index in [-0.39, 0.29) is 0 Å². The highest BCUT2D eigenvalue weighted by Gasteiger charge is 2.11. The number of carbonyl (C=O) groups excluding carboxylic acids is 1. The summed E-state index contributed by atoms with van der Waals surface area (Å²) in [5, 5.41) is 0.552. The Morgan fingerprint density at radius 2 is 2.17 bits per heavy atom. The molecule has 0 N–H and O–H groups in total. The Labute approximate surface area is 76.1 Å². The zero-order valence-corrected chi connectivity index (χ0v) is 7.41. The van der Waals surface area contributed by atoms with Crippen LogP contribution in [0.15, 0.2) is 24.3 Å². The molecule has 0 fully saturated rings. The fraction of sp³-hybridized carbons (Fsp3) is 0.222. The van der Waals surface area contributed by atoms with Crippen LogP contribution in [0.5, 0.6) is 0 Å². The number of halogens is 1. The van der Waals surface area contributed by atoms with Gasteiger partial charge in [0.15, 0.2) is 6.29 Å². The van der Waals surface area contributed by atoms with Gasteiger partial charge >= 0.3 is 0 Å². The van der Waals surface area contributed by atoms with Crippen molar-refractivity contribution >= 4 is 17.9 Å². The van der Waals surface area contributed by atoms with Gasteiger partial charge in [0.25, 0.3) is 0 Å². The number of carbonyl (C=O) groups is 1.